The summed E-state index contributed by atoms with van der Waals surface area (Å²) >= 11 is 0. The van der Waals surface area contributed by atoms with E-state index in [1.807, 2.05) is 6.07 Å². The second-order valence-corrected chi connectivity index (χ2v) is 9.35. The quantitative estimate of drug-likeness (QED) is 0.385. The van der Waals surface area contributed by atoms with Crippen LogP contribution in [0, 0.1) is 11.3 Å². The largest absolute Gasteiger partial charge is 0.422 e. The molecule has 0 atom stereocenters. The summed E-state index contributed by atoms with van der Waals surface area (Å²) in [5.74, 6) is -0.662. The molecule has 0 aliphatic heterocycles. The molecule has 1 amide bonds. The Morgan fingerprint density at radius 1 is 1.03 bits per heavy atom. The Morgan fingerprint density at radius 3 is 2.46 bits per heavy atom. The van der Waals surface area contributed by atoms with Crippen LogP contribution in [0.25, 0.3) is 34.0 Å². The Morgan fingerprint density at radius 2 is 1.76 bits per heavy atom. The molecule has 10 heteroatoms. The van der Waals surface area contributed by atoms with Gasteiger partial charge in [-0.1, -0.05) is 58.8 Å². The highest BCUT2D eigenvalue weighted by Crippen LogP contribution is 2.46. The third kappa shape index (κ3) is 4.06. The van der Waals surface area contributed by atoms with Crippen LogP contribution in [0.4, 0.5) is 13.2 Å². The fraction of sp³-hybridized carbons (Fsp3) is 0.259. The highest BCUT2D eigenvalue weighted by atomic mass is 19.4. The first-order chi connectivity index (χ1) is 17.8. The van der Waals surface area contributed by atoms with Gasteiger partial charge < -0.3 is 14.4 Å². The molecule has 1 saturated carbocycles. The van der Waals surface area contributed by atoms with E-state index >= 15 is 0 Å². The van der Waals surface area contributed by atoms with Crippen LogP contribution < -0.4 is 5.32 Å². The third-order valence-corrected chi connectivity index (χ3v) is 6.79. The molecule has 0 radical (unpaired) electrons. The normalized spacial score (nSPS) is 15.4. The Bertz CT molecular complexity index is 1560. The van der Waals surface area contributed by atoms with Gasteiger partial charge in [0.15, 0.2) is 17.2 Å². The van der Waals surface area contributed by atoms with E-state index in [0.29, 0.717) is 36.9 Å². The number of fused-ring (bicyclic) bond motifs is 3. The van der Waals surface area contributed by atoms with Gasteiger partial charge in [-0.15, -0.1) is 0 Å². The highest BCUT2D eigenvalue weighted by Gasteiger charge is 2.45. The summed E-state index contributed by atoms with van der Waals surface area (Å²) in [6.07, 6.45) is -2.37. The summed E-state index contributed by atoms with van der Waals surface area (Å²) in [7, 11) is 0. The molecule has 37 heavy (non-hydrogen) atoms. The maximum absolute atomic E-state index is 14.2. The van der Waals surface area contributed by atoms with Crippen LogP contribution >= 0.6 is 0 Å². The summed E-state index contributed by atoms with van der Waals surface area (Å²) in [5, 5.41) is 19.8. The fourth-order valence-corrected chi connectivity index (χ4v) is 4.77. The Kier molecular flexibility index (Phi) is 5.19. The number of rotatable bonds is 5. The maximum atomic E-state index is 14.2. The van der Waals surface area contributed by atoms with E-state index in [4.69, 9.17) is 9.05 Å². The number of carbonyl (C=O) groups excluding carboxylic acids is 1. The molecule has 1 N–H and O–H groups in total. The van der Waals surface area contributed by atoms with E-state index in [-0.39, 0.29) is 29.4 Å². The van der Waals surface area contributed by atoms with Crippen molar-refractivity contribution in [2.24, 2.45) is 0 Å². The number of halogens is 3. The van der Waals surface area contributed by atoms with Gasteiger partial charge in [-0.3, -0.25) is 4.79 Å². The third-order valence-electron chi connectivity index (χ3n) is 6.79. The molecule has 2 aliphatic rings. The standard InChI is InChI=1S/C27H19F3N4O3/c28-27(29,30)21-23(34-36-24(21)16-4-2-1-3-5-16)25-19-9-7-17-12-15(6-8-18(17)22(19)33-37-25)13-20(35)32-26(14-31)10-11-26/h1-6,8,12H,7,9-11,13H2,(H,32,35). The lowest BCUT2D eigenvalue weighted by atomic mass is 9.87. The molecule has 2 aromatic heterocycles. The maximum Gasteiger partial charge on any atom is 0.422 e. The smallest absolute Gasteiger partial charge is 0.355 e. The predicted molar refractivity (Wildman–Crippen MR) is 125 cm³/mol. The minimum Gasteiger partial charge on any atom is -0.355 e. The summed E-state index contributed by atoms with van der Waals surface area (Å²) in [6.45, 7) is 0. The van der Waals surface area contributed by atoms with Crippen LogP contribution in [-0.2, 0) is 30.2 Å². The molecule has 0 unspecified atom stereocenters. The lowest BCUT2D eigenvalue weighted by Gasteiger charge is -2.17. The summed E-state index contributed by atoms with van der Waals surface area (Å²) in [5.41, 5.74) is 1.50. The first kappa shape index (κ1) is 23.0. The minimum absolute atomic E-state index is 0.0615. The SMILES string of the molecule is N#CC1(NC(=O)Cc2ccc3c(c2)CCc2c-3noc2-c2noc(-c3ccccc3)c2C(F)(F)F)CC1. The molecule has 2 heterocycles. The summed E-state index contributed by atoms with van der Waals surface area (Å²) in [6, 6.07) is 15.6. The van der Waals surface area contributed by atoms with Crippen LogP contribution in [0.15, 0.2) is 57.6 Å². The lowest BCUT2D eigenvalue weighted by molar-refractivity contribution is -0.137. The van der Waals surface area contributed by atoms with Gasteiger partial charge in [-0.05, 0) is 36.8 Å². The van der Waals surface area contributed by atoms with Crippen LogP contribution in [0.5, 0.6) is 0 Å². The zero-order chi connectivity index (χ0) is 25.8. The average Bonchev–Trinajstić information content (AvgIpc) is 3.30. The van der Waals surface area contributed by atoms with Gasteiger partial charge in [0.05, 0.1) is 12.5 Å². The van der Waals surface area contributed by atoms with Crippen LogP contribution in [0.2, 0.25) is 0 Å². The van der Waals surface area contributed by atoms with Crippen LogP contribution in [-0.4, -0.2) is 21.8 Å². The van der Waals surface area contributed by atoms with E-state index in [2.05, 4.69) is 21.7 Å². The van der Waals surface area contributed by atoms with Gasteiger partial charge in [0.2, 0.25) is 5.91 Å². The molecule has 186 valence electrons. The van der Waals surface area contributed by atoms with Crippen molar-refractivity contribution in [1.82, 2.24) is 15.6 Å². The van der Waals surface area contributed by atoms with Crippen molar-refractivity contribution in [3.63, 3.8) is 0 Å². The van der Waals surface area contributed by atoms with Crippen molar-refractivity contribution in [1.29, 1.82) is 5.26 Å². The molecule has 2 aliphatic carbocycles. The Hall–Kier alpha value is -4.39. The monoisotopic (exact) mass is 504 g/mol. The predicted octanol–water partition coefficient (Wildman–Crippen LogP) is 5.50. The lowest BCUT2D eigenvalue weighted by Crippen LogP contribution is -2.36. The average molecular weight is 504 g/mol. The summed E-state index contributed by atoms with van der Waals surface area (Å²) in [4.78, 5) is 12.4. The van der Waals surface area contributed by atoms with E-state index in [9.17, 15) is 23.2 Å². The topological polar surface area (TPSA) is 105 Å². The minimum atomic E-state index is -4.73. The number of aryl methyl sites for hydroxylation is 1. The highest BCUT2D eigenvalue weighted by molar-refractivity contribution is 5.82. The number of hydrogen-bond acceptors (Lipinski definition) is 6. The zero-order valence-electron chi connectivity index (χ0n) is 19.4. The van der Waals surface area contributed by atoms with E-state index in [1.54, 1.807) is 30.3 Å². The van der Waals surface area contributed by atoms with Crippen molar-refractivity contribution >= 4 is 5.91 Å². The number of hydrogen-bond donors (Lipinski definition) is 1. The van der Waals surface area contributed by atoms with Crippen molar-refractivity contribution in [2.75, 3.05) is 0 Å². The molecule has 4 aromatic rings. The number of benzene rings is 2. The zero-order valence-corrected chi connectivity index (χ0v) is 19.4. The number of nitrogens with zero attached hydrogens (tertiary/aromatic N) is 3. The first-order valence-corrected chi connectivity index (χ1v) is 11.7. The van der Waals surface area contributed by atoms with Crippen molar-refractivity contribution < 1.29 is 27.0 Å². The number of nitriles is 1. The van der Waals surface area contributed by atoms with Crippen molar-refractivity contribution in [3.8, 4) is 40.1 Å². The van der Waals surface area contributed by atoms with E-state index < -0.39 is 23.0 Å². The fourth-order valence-electron chi connectivity index (χ4n) is 4.77. The molecule has 2 aromatic carbocycles. The van der Waals surface area contributed by atoms with Gasteiger partial charge in [0.25, 0.3) is 0 Å². The molecule has 6 rings (SSSR count). The van der Waals surface area contributed by atoms with Crippen molar-refractivity contribution in [3.05, 3.63) is 70.8 Å². The van der Waals surface area contributed by atoms with Gasteiger partial charge in [-0.25, -0.2) is 0 Å². The molecular formula is C27H19F3N4O3. The second-order valence-electron chi connectivity index (χ2n) is 9.35. The first-order valence-electron chi connectivity index (χ1n) is 11.7. The molecular weight excluding hydrogens is 485 g/mol. The van der Waals surface area contributed by atoms with Crippen LogP contribution in [0.3, 0.4) is 0 Å². The van der Waals surface area contributed by atoms with E-state index in [1.165, 1.54) is 12.1 Å². The van der Waals surface area contributed by atoms with Crippen LogP contribution in [0.1, 0.15) is 35.1 Å². The molecule has 0 spiro atoms. The Labute approximate surface area is 208 Å². The van der Waals surface area contributed by atoms with Crippen molar-refractivity contribution in [2.45, 2.75) is 43.8 Å². The number of nitrogens with one attached hydrogen (secondary N) is 1. The van der Waals surface area contributed by atoms with Gasteiger partial charge in [-0.2, -0.15) is 18.4 Å². The summed E-state index contributed by atoms with van der Waals surface area (Å²) < 4.78 is 53.1. The van der Waals surface area contributed by atoms with E-state index in [0.717, 1.165) is 16.7 Å². The number of amides is 1. The molecule has 7 nitrogen and oxygen atoms in total. The molecule has 0 saturated heterocycles. The molecule has 0 bridgehead atoms. The van der Waals surface area contributed by atoms with Gasteiger partial charge in [0, 0.05) is 16.7 Å². The number of carbonyl (C=O) groups is 1. The molecule has 1 fully saturated rings. The number of alkyl halides is 3. The number of aromatic nitrogens is 2. The second kappa shape index (κ2) is 8.34. The van der Waals surface area contributed by atoms with Gasteiger partial charge in [0.1, 0.15) is 16.8 Å². The Balaban J connectivity index is 1.33. The van der Waals surface area contributed by atoms with Gasteiger partial charge >= 0.3 is 6.18 Å².